The van der Waals surface area contributed by atoms with E-state index in [-0.39, 0.29) is 5.82 Å². The van der Waals surface area contributed by atoms with Crippen molar-refractivity contribution in [3.05, 3.63) is 59.9 Å². The van der Waals surface area contributed by atoms with E-state index in [1.165, 1.54) is 12.1 Å². The van der Waals surface area contributed by atoms with Gasteiger partial charge in [0, 0.05) is 12.1 Å². The van der Waals surface area contributed by atoms with Crippen LogP contribution in [0.1, 0.15) is 11.1 Å². The summed E-state index contributed by atoms with van der Waals surface area (Å²) in [5.41, 5.74) is 2.19. The lowest BCUT2D eigenvalue weighted by atomic mass is 9.97. The Morgan fingerprint density at radius 3 is 1.86 bits per heavy atom. The standard InChI is InChI=1S/C17H17FO3/c1-11(12-5-7-13(18)8-6-12)17-15(20-3)9-14(19-2)10-16(17)21-4/h5-10H,1H2,2-4H3. The number of hydrogen-bond acceptors (Lipinski definition) is 3. The van der Waals surface area contributed by atoms with Gasteiger partial charge in [-0.2, -0.15) is 0 Å². The third-order valence-electron chi connectivity index (χ3n) is 3.21. The molecule has 4 heteroatoms. The first-order valence-corrected chi connectivity index (χ1v) is 6.36. The first kappa shape index (κ1) is 14.9. The van der Waals surface area contributed by atoms with E-state index in [9.17, 15) is 4.39 Å². The minimum atomic E-state index is -0.291. The Morgan fingerprint density at radius 2 is 1.43 bits per heavy atom. The molecule has 110 valence electrons. The van der Waals surface area contributed by atoms with Crippen molar-refractivity contribution in [1.29, 1.82) is 0 Å². The van der Waals surface area contributed by atoms with Gasteiger partial charge in [-0.25, -0.2) is 4.39 Å². The Hall–Kier alpha value is -2.49. The molecule has 0 saturated carbocycles. The van der Waals surface area contributed by atoms with Crippen molar-refractivity contribution in [3.63, 3.8) is 0 Å². The van der Waals surface area contributed by atoms with E-state index < -0.39 is 0 Å². The summed E-state index contributed by atoms with van der Waals surface area (Å²) in [5, 5.41) is 0. The number of methoxy groups -OCH3 is 3. The van der Waals surface area contributed by atoms with Crippen molar-refractivity contribution in [3.8, 4) is 17.2 Å². The maximum Gasteiger partial charge on any atom is 0.134 e. The van der Waals surface area contributed by atoms with Crippen molar-refractivity contribution in [2.24, 2.45) is 0 Å². The Balaban J connectivity index is 2.55. The van der Waals surface area contributed by atoms with Crippen molar-refractivity contribution in [2.45, 2.75) is 0 Å². The summed E-state index contributed by atoms with van der Waals surface area (Å²) in [6, 6.07) is 9.63. The van der Waals surface area contributed by atoms with Gasteiger partial charge in [0.25, 0.3) is 0 Å². The van der Waals surface area contributed by atoms with Crippen molar-refractivity contribution >= 4 is 5.57 Å². The monoisotopic (exact) mass is 288 g/mol. The fourth-order valence-corrected chi connectivity index (χ4v) is 2.10. The predicted molar refractivity (Wildman–Crippen MR) is 80.6 cm³/mol. The van der Waals surface area contributed by atoms with E-state index in [0.717, 1.165) is 5.56 Å². The topological polar surface area (TPSA) is 27.7 Å². The van der Waals surface area contributed by atoms with Crippen LogP contribution in [-0.4, -0.2) is 21.3 Å². The SMILES string of the molecule is C=C(c1ccc(F)cc1)c1c(OC)cc(OC)cc1OC. The molecule has 0 aliphatic carbocycles. The molecule has 0 heterocycles. The second-order valence-corrected chi connectivity index (χ2v) is 4.39. The lowest BCUT2D eigenvalue weighted by Crippen LogP contribution is -1.98. The molecular formula is C17H17FO3. The zero-order chi connectivity index (χ0) is 15.4. The number of halogens is 1. The van der Waals surface area contributed by atoms with Gasteiger partial charge in [0.15, 0.2) is 0 Å². The van der Waals surface area contributed by atoms with Crippen LogP contribution in [0.5, 0.6) is 17.2 Å². The number of rotatable bonds is 5. The largest absolute Gasteiger partial charge is 0.496 e. The van der Waals surface area contributed by atoms with Crippen LogP contribution >= 0.6 is 0 Å². The van der Waals surface area contributed by atoms with Crippen molar-refractivity contribution in [2.75, 3.05) is 21.3 Å². The molecule has 0 radical (unpaired) electrons. The van der Waals surface area contributed by atoms with Gasteiger partial charge in [0.2, 0.25) is 0 Å². The average molecular weight is 288 g/mol. The molecule has 3 nitrogen and oxygen atoms in total. The molecule has 0 spiro atoms. The van der Waals surface area contributed by atoms with Crippen LogP contribution in [-0.2, 0) is 0 Å². The van der Waals surface area contributed by atoms with Gasteiger partial charge in [0.1, 0.15) is 23.1 Å². The molecular weight excluding hydrogens is 271 g/mol. The van der Waals surface area contributed by atoms with Gasteiger partial charge in [-0.15, -0.1) is 0 Å². The Bertz CT molecular complexity index is 623. The first-order valence-electron chi connectivity index (χ1n) is 6.36. The predicted octanol–water partition coefficient (Wildman–Crippen LogP) is 3.91. The number of ether oxygens (including phenoxy) is 3. The molecule has 0 aromatic heterocycles. The summed E-state index contributed by atoms with van der Waals surface area (Å²) in [6.07, 6.45) is 0. The third-order valence-corrected chi connectivity index (χ3v) is 3.21. The van der Waals surface area contributed by atoms with Gasteiger partial charge in [-0.05, 0) is 23.3 Å². The lowest BCUT2D eigenvalue weighted by Gasteiger charge is -2.17. The summed E-state index contributed by atoms with van der Waals surface area (Å²) in [4.78, 5) is 0. The highest BCUT2D eigenvalue weighted by Gasteiger charge is 2.17. The molecule has 0 aliphatic heterocycles. The van der Waals surface area contributed by atoms with Gasteiger partial charge in [-0.1, -0.05) is 18.7 Å². The fraction of sp³-hybridized carbons (Fsp3) is 0.176. The molecule has 0 aliphatic rings. The van der Waals surface area contributed by atoms with E-state index in [1.807, 2.05) is 0 Å². The van der Waals surface area contributed by atoms with Crippen LogP contribution in [0, 0.1) is 5.82 Å². The Morgan fingerprint density at radius 1 is 0.905 bits per heavy atom. The number of benzene rings is 2. The molecule has 0 fully saturated rings. The Labute approximate surface area is 123 Å². The Kier molecular flexibility index (Phi) is 4.48. The lowest BCUT2D eigenvalue weighted by molar-refractivity contribution is 0.374. The quantitative estimate of drug-likeness (QED) is 0.834. The third kappa shape index (κ3) is 2.99. The molecule has 2 aromatic rings. The van der Waals surface area contributed by atoms with Crippen LogP contribution < -0.4 is 14.2 Å². The summed E-state index contributed by atoms with van der Waals surface area (Å²) in [6.45, 7) is 4.07. The zero-order valence-corrected chi connectivity index (χ0v) is 12.3. The molecule has 0 N–H and O–H groups in total. The fourth-order valence-electron chi connectivity index (χ4n) is 2.10. The second-order valence-electron chi connectivity index (χ2n) is 4.39. The average Bonchev–Trinajstić information content (AvgIpc) is 2.53. The highest BCUT2D eigenvalue weighted by Crippen LogP contribution is 2.40. The van der Waals surface area contributed by atoms with E-state index in [0.29, 0.717) is 28.4 Å². The molecule has 0 saturated heterocycles. The van der Waals surface area contributed by atoms with E-state index in [2.05, 4.69) is 6.58 Å². The molecule has 21 heavy (non-hydrogen) atoms. The van der Waals surface area contributed by atoms with Crippen molar-refractivity contribution < 1.29 is 18.6 Å². The van der Waals surface area contributed by atoms with E-state index in [1.54, 1.807) is 45.6 Å². The maximum atomic E-state index is 13.0. The summed E-state index contributed by atoms with van der Waals surface area (Å²) in [7, 11) is 4.70. The van der Waals surface area contributed by atoms with E-state index in [4.69, 9.17) is 14.2 Å². The molecule has 2 rings (SSSR count). The van der Waals surface area contributed by atoms with Crippen LogP contribution in [0.25, 0.3) is 5.57 Å². The molecule has 0 amide bonds. The number of hydrogen-bond donors (Lipinski definition) is 0. The van der Waals surface area contributed by atoms with Gasteiger partial charge >= 0.3 is 0 Å². The minimum Gasteiger partial charge on any atom is -0.496 e. The normalized spacial score (nSPS) is 10.1. The second kappa shape index (κ2) is 6.31. The summed E-state index contributed by atoms with van der Waals surface area (Å²) >= 11 is 0. The highest BCUT2D eigenvalue weighted by molar-refractivity contribution is 5.85. The van der Waals surface area contributed by atoms with Gasteiger partial charge < -0.3 is 14.2 Å². The smallest absolute Gasteiger partial charge is 0.134 e. The highest BCUT2D eigenvalue weighted by atomic mass is 19.1. The minimum absolute atomic E-state index is 0.291. The van der Waals surface area contributed by atoms with Crippen LogP contribution in [0.4, 0.5) is 4.39 Å². The van der Waals surface area contributed by atoms with Gasteiger partial charge in [0.05, 0.1) is 26.9 Å². The first-order chi connectivity index (χ1) is 10.1. The van der Waals surface area contributed by atoms with Crippen LogP contribution in [0.2, 0.25) is 0 Å². The summed E-state index contributed by atoms with van der Waals surface area (Å²) in [5.74, 6) is 1.50. The molecule has 0 atom stereocenters. The van der Waals surface area contributed by atoms with Crippen LogP contribution in [0.3, 0.4) is 0 Å². The van der Waals surface area contributed by atoms with Crippen LogP contribution in [0.15, 0.2) is 43.0 Å². The summed E-state index contributed by atoms with van der Waals surface area (Å²) < 4.78 is 29.1. The van der Waals surface area contributed by atoms with E-state index >= 15 is 0 Å². The molecule has 2 aromatic carbocycles. The zero-order valence-electron chi connectivity index (χ0n) is 12.3. The molecule has 0 bridgehead atoms. The maximum absolute atomic E-state index is 13.0. The molecule has 0 unspecified atom stereocenters. The van der Waals surface area contributed by atoms with Gasteiger partial charge in [-0.3, -0.25) is 0 Å². The van der Waals surface area contributed by atoms with Crippen molar-refractivity contribution in [1.82, 2.24) is 0 Å².